The van der Waals surface area contributed by atoms with Gasteiger partial charge < -0.3 is 10.1 Å². The maximum absolute atomic E-state index is 12.4. The van der Waals surface area contributed by atoms with Gasteiger partial charge in [-0.1, -0.05) is 30.4 Å². The van der Waals surface area contributed by atoms with Crippen LogP contribution in [0.4, 0.5) is 5.13 Å². The zero-order valence-electron chi connectivity index (χ0n) is 15.8. The molecule has 148 valence electrons. The number of aryl methyl sites for hydroxylation is 1. The molecule has 0 aliphatic rings. The number of benzene rings is 2. The summed E-state index contributed by atoms with van der Waals surface area (Å²) in [5.74, 6) is 0.273. The number of methoxy groups -OCH3 is 1. The van der Waals surface area contributed by atoms with Crippen LogP contribution in [-0.4, -0.2) is 32.2 Å². The zero-order chi connectivity index (χ0) is 20.1. The van der Waals surface area contributed by atoms with E-state index >= 15 is 0 Å². The first-order valence-electron chi connectivity index (χ1n) is 8.98. The molecule has 1 N–H and O–H groups in total. The van der Waals surface area contributed by atoms with Crippen LogP contribution >= 0.6 is 11.3 Å². The average molecular weight is 419 g/mol. The molecule has 0 fully saturated rings. The topological polar surface area (TPSA) is 85.4 Å². The molecule has 0 saturated carbocycles. The number of sulfone groups is 1. The van der Waals surface area contributed by atoms with Gasteiger partial charge in [-0.25, -0.2) is 13.4 Å². The van der Waals surface area contributed by atoms with Gasteiger partial charge in [-0.15, -0.1) is 0 Å². The normalized spacial score (nSPS) is 11.5. The van der Waals surface area contributed by atoms with Crippen LogP contribution in [0.1, 0.15) is 25.3 Å². The summed E-state index contributed by atoms with van der Waals surface area (Å²) in [5.41, 5.74) is 2.05. The lowest BCUT2D eigenvalue weighted by molar-refractivity contribution is -0.116. The number of amides is 1. The van der Waals surface area contributed by atoms with E-state index in [2.05, 4.69) is 17.2 Å². The van der Waals surface area contributed by atoms with Gasteiger partial charge in [0.2, 0.25) is 5.91 Å². The van der Waals surface area contributed by atoms with Crippen molar-refractivity contribution in [1.82, 2.24) is 4.98 Å². The number of aromatic nitrogens is 1. The van der Waals surface area contributed by atoms with Crippen molar-refractivity contribution in [2.45, 2.75) is 31.1 Å². The molecule has 3 aromatic rings. The molecule has 0 atom stereocenters. The zero-order valence-corrected chi connectivity index (χ0v) is 17.4. The number of anilines is 1. The molecule has 0 aliphatic carbocycles. The Bertz CT molecular complexity index is 1070. The number of carbonyl (C=O) groups excluding carboxylic acids is 1. The van der Waals surface area contributed by atoms with E-state index < -0.39 is 9.84 Å². The van der Waals surface area contributed by atoms with Crippen molar-refractivity contribution in [1.29, 1.82) is 0 Å². The Morgan fingerprint density at radius 1 is 1.18 bits per heavy atom. The molecule has 0 aliphatic heterocycles. The molecular formula is C20H22N2O4S2. The van der Waals surface area contributed by atoms with Gasteiger partial charge in [0.15, 0.2) is 15.0 Å². The van der Waals surface area contributed by atoms with Crippen LogP contribution in [0, 0.1) is 0 Å². The highest BCUT2D eigenvalue weighted by Crippen LogP contribution is 2.28. The van der Waals surface area contributed by atoms with E-state index in [4.69, 9.17) is 4.74 Å². The van der Waals surface area contributed by atoms with Crippen molar-refractivity contribution in [2.24, 2.45) is 0 Å². The summed E-state index contributed by atoms with van der Waals surface area (Å²) in [6, 6.07) is 12.2. The van der Waals surface area contributed by atoms with Crippen molar-refractivity contribution in [3.05, 3.63) is 48.0 Å². The molecule has 1 heterocycles. The first kappa shape index (κ1) is 20.3. The minimum atomic E-state index is -3.43. The number of fused-ring (bicyclic) bond motifs is 1. The van der Waals surface area contributed by atoms with Gasteiger partial charge >= 0.3 is 0 Å². The van der Waals surface area contributed by atoms with Crippen molar-refractivity contribution >= 4 is 42.4 Å². The predicted molar refractivity (Wildman–Crippen MR) is 112 cm³/mol. The van der Waals surface area contributed by atoms with E-state index in [1.54, 1.807) is 12.1 Å². The molecule has 2 aromatic carbocycles. The van der Waals surface area contributed by atoms with Gasteiger partial charge in [0.05, 0.1) is 28.0 Å². The van der Waals surface area contributed by atoms with Crippen LogP contribution in [0.5, 0.6) is 5.75 Å². The van der Waals surface area contributed by atoms with Crippen LogP contribution in [-0.2, 0) is 21.1 Å². The summed E-state index contributed by atoms with van der Waals surface area (Å²) in [4.78, 5) is 16.9. The second-order valence-electron chi connectivity index (χ2n) is 6.28. The first-order chi connectivity index (χ1) is 13.4. The maximum Gasteiger partial charge on any atom is 0.226 e. The SMILES string of the molecule is CCc1cccc2sc(NC(=O)CCCS(=O)(=O)c3ccc(OC)cc3)nc12. The largest absolute Gasteiger partial charge is 0.497 e. The highest BCUT2D eigenvalue weighted by atomic mass is 32.2. The number of nitrogens with zero attached hydrogens (tertiary/aromatic N) is 1. The van der Waals surface area contributed by atoms with E-state index in [-0.39, 0.29) is 29.4 Å². The third kappa shape index (κ3) is 4.69. The van der Waals surface area contributed by atoms with Crippen LogP contribution in [0.3, 0.4) is 0 Å². The van der Waals surface area contributed by atoms with E-state index in [9.17, 15) is 13.2 Å². The number of thiazole rings is 1. The lowest BCUT2D eigenvalue weighted by Gasteiger charge is -2.06. The number of carbonyl (C=O) groups is 1. The van der Waals surface area contributed by atoms with E-state index in [0.29, 0.717) is 10.9 Å². The third-order valence-electron chi connectivity index (χ3n) is 4.37. The number of rotatable bonds is 8. The molecule has 3 rings (SSSR count). The molecular weight excluding hydrogens is 396 g/mol. The van der Waals surface area contributed by atoms with Crippen molar-refractivity contribution in [3.8, 4) is 5.75 Å². The monoisotopic (exact) mass is 418 g/mol. The number of nitrogens with one attached hydrogen (secondary N) is 1. The summed E-state index contributed by atoms with van der Waals surface area (Å²) >= 11 is 1.42. The summed E-state index contributed by atoms with van der Waals surface area (Å²) in [5, 5.41) is 3.32. The molecule has 28 heavy (non-hydrogen) atoms. The lowest BCUT2D eigenvalue weighted by atomic mass is 10.1. The second-order valence-corrected chi connectivity index (χ2v) is 9.42. The van der Waals surface area contributed by atoms with Gasteiger partial charge in [-0.2, -0.15) is 0 Å². The minimum Gasteiger partial charge on any atom is -0.497 e. The van der Waals surface area contributed by atoms with Crippen molar-refractivity contribution < 1.29 is 17.9 Å². The highest BCUT2D eigenvalue weighted by Gasteiger charge is 2.16. The van der Waals surface area contributed by atoms with Crippen molar-refractivity contribution in [3.63, 3.8) is 0 Å². The summed E-state index contributed by atoms with van der Waals surface area (Å²) < 4.78 is 30.8. The number of hydrogen-bond acceptors (Lipinski definition) is 6. The molecule has 0 bridgehead atoms. The Morgan fingerprint density at radius 2 is 1.93 bits per heavy atom. The second kappa shape index (κ2) is 8.70. The molecule has 1 aromatic heterocycles. The van der Waals surface area contributed by atoms with Crippen LogP contribution in [0.2, 0.25) is 0 Å². The maximum atomic E-state index is 12.4. The van der Waals surface area contributed by atoms with E-state index in [0.717, 1.165) is 22.2 Å². The van der Waals surface area contributed by atoms with Crippen LogP contribution in [0.15, 0.2) is 47.4 Å². The lowest BCUT2D eigenvalue weighted by Crippen LogP contribution is -2.14. The molecule has 1 amide bonds. The Morgan fingerprint density at radius 3 is 2.61 bits per heavy atom. The van der Waals surface area contributed by atoms with Gasteiger partial charge in [0.1, 0.15) is 5.75 Å². The van der Waals surface area contributed by atoms with Crippen LogP contribution in [0.25, 0.3) is 10.2 Å². The summed E-state index contributed by atoms with van der Waals surface area (Å²) in [6.07, 6.45) is 1.23. The average Bonchev–Trinajstić information content (AvgIpc) is 3.10. The van der Waals surface area contributed by atoms with Crippen LogP contribution < -0.4 is 10.1 Å². The third-order valence-corrected chi connectivity index (χ3v) is 7.12. The van der Waals surface area contributed by atoms with Gasteiger partial charge in [0, 0.05) is 6.42 Å². The molecule has 0 unspecified atom stereocenters. The molecule has 0 saturated heterocycles. The Balaban J connectivity index is 1.57. The highest BCUT2D eigenvalue weighted by molar-refractivity contribution is 7.91. The predicted octanol–water partition coefficient (Wildman–Crippen LogP) is 4.06. The van der Waals surface area contributed by atoms with Crippen molar-refractivity contribution in [2.75, 3.05) is 18.2 Å². The molecule has 0 spiro atoms. The number of hydrogen-bond donors (Lipinski definition) is 1. The number of ether oxygens (including phenoxy) is 1. The molecule has 6 nitrogen and oxygen atoms in total. The van der Waals surface area contributed by atoms with Gasteiger partial charge in [-0.05, 0) is 48.7 Å². The van der Waals surface area contributed by atoms with Gasteiger partial charge in [0.25, 0.3) is 0 Å². The Labute approximate surface area is 168 Å². The molecule has 8 heteroatoms. The number of para-hydroxylation sites is 1. The quantitative estimate of drug-likeness (QED) is 0.596. The minimum absolute atomic E-state index is 0.0907. The van der Waals surface area contributed by atoms with E-state index in [1.165, 1.54) is 30.6 Å². The Kier molecular flexibility index (Phi) is 6.31. The summed E-state index contributed by atoms with van der Waals surface area (Å²) in [6.45, 7) is 2.07. The molecule has 0 radical (unpaired) electrons. The standard InChI is InChI=1S/C20H22N2O4S2/c1-3-14-6-4-7-17-19(14)22-20(27-17)21-18(23)8-5-13-28(24,25)16-11-9-15(26-2)10-12-16/h4,6-7,9-12H,3,5,8,13H2,1-2H3,(H,21,22,23). The summed E-state index contributed by atoms with van der Waals surface area (Å²) in [7, 11) is -1.91. The Hall–Kier alpha value is -2.45. The van der Waals surface area contributed by atoms with Gasteiger partial charge in [-0.3, -0.25) is 4.79 Å². The fourth-order valence-electron chi connectivity index (χ4n) is 2.85. The smallest absolute Gasteiger partial charge is 0.226 e. The first-order valence-corrected chi connectivity index (χ1v) is 11.4. The fourth-order valence-corrected chi connectivity index (χ4v) is 5.09. The van der Waals surface area contributed by atoms with E-state index in [1.807, 2.05) is 18.2 Å². The fraction of sp³-hybridized carbons (Fsp3) is 0.300.